The zero-order valence-corrected chi connectivity index (χ0v) is 12.4. The first kappa shape index (κ1) is 14.2. The van der Waals surface area contributed by atoms with Gasteiger partial charge in [-0.3, -0.25) is 0 Å². The van der Waals surface area contributed by atoms with E-state index in [0.29, 0.717) is 11.5 Å². The molecular weight excluding hydrogens is 256 g/mol. The van der Waals surface area contributed by atoms with Gasteiger partial charge in [0, 0.05) is 11.6 Å². The molecule has 1 aromatic carbocycles. The second kappa shape index (κ2) is 5.41. The van der Waals surface area contributed by atoms with Gasteiger partial charge in [0.05, 0.1) is 14.2 Å². The summed E-state index contributed by atoms with van der Waals surface area (Å²) in [5.41, 5.74) is 4.35. The third kappa shape index (κ3) is 2.41. The van der Waals surface area contributed by atoms with E-state index in [9.17, 15) is 4.79 Å². The van der Waals surface area contributed by atoms with E-state index in [1.165, 1.54) is 19.8 Å². The zero-order chi connectivity index (χ0) is 14.9. The van der Waals surface area contributed by atoms with Crippen LogP contribution in [-0.4, -0.2) is 20.2 Å². The number of carbonyl (C=O) groups excluding carboxylic acids is 1. The first-order valence-electron chi connectivity index (χ1n) is 6.32. The first-order valence-corrected chi connectivity index (χ1v) is 6.32. The maximum atomic E-state index is 11.7. The van der Waals surface area contributed by atoms with Gasteiger partial charge < -0.3 is 13.9 Å². The molecule has 0 spiro atoms. The molecule has 0 amide bonds. The summed E-state index contributed by atoms with van der Waals surface area (Å²) in [6.07, 6.45) is 0. The number of esters is 1. The molecule has 0 bridgehead atoms. The van der Waals surface area contributed by atoms with Crippen molar-refractivity contribution in [2.45, 2.75) is 20.8 Å². The van der Waals surface area contributed by atoms with Crippen LogP contribution in [0, 0.1) is 20.8 Å². The highest BCUT2D eigenvalue weighted by Gasteiger charge is 2.22. The number of hydrogen-bond donors (Lipinski definition) is 0. The molecular formula is C16H18O4. The molecule has 0 radical (unpaired) electrons. The molecule has 1 aromatic heterocycles. The van der Waals surface area contributed by atoms with Crippen LogP contribution in [-0.2, 0) is 4.74 Å². The fraction of sp³-hybridized carbons (Fsp3) is 0.312. The predicted molar refractivity (Wildman–Crippen MR) is 76.2 cm³/mol. The van der Waals surface area contributed by atoms with Crippen LogP contribution < -0.4 is 4.74 Å². The Bertz CT molecular complexity index is 629. The van der Waals surface area contributed by atoms with Crippen molar-refractivity contribution in [1.29, 1.82) is 0 Å². The number of carbonyl (C=O) groups is 1. The first-order chi connectivity index (χ1) is 9.47. The van der Waals surface area contributed by atoms with E-state index in [2.05, 4.69) is 12.1 Å². The van der Waals surface area contributed by atoms with Gasteiger partial charge in [0.2, 0.25) is 0 Å². The summed E-state index contributed by atoms with van der Waals surface area (Å²) >= 11 is 0. The molecule has 0 N–H and O–H groups in total. The largest absolute Gasteiger partial charge is 0.492 e. The fourth-order valence-corrected chi connectivity index (χ4v) is 2.45. The zero-order valence-electron chi connectivity index (χ0n) is 12.4. The van der Waals surface area contributed by atoms with Gasteiger partial charge in [-0.2, -0.15) is 0 Å². The molecule has 0 aliphatic carbocycles. The summed E-state index contributed by atoms with van der Waals surface area (Å²) in [5.74, 6) is 0.531. The highest BCUT2D eigenvalue weighted by atomic mass is 16.5. The Morgan fingerprint density at radius 1 is 1.05 bits per heavy atom. The Morgan fingerprint density at radius 2 is 1.65 bits per heavy atom. The van der Waals surface area contributed by atoms with Gasteiger partial charge in [0.1, 0.15) is 5.76 Å². The lowest BCUT2D eigenvalue weighted by molar-refractivity contribution is 0.0561. The maximum absolute atomic E-state index is 11.7. The van der Waals surface area contributed by atoms with Crippen molar-refractivity contribution in [2.24, 2.45) is 0 Å². The summed E-state index contributed by atoms with van der Waals surface area (Å²) in [7, 11) is 2.81. The Balaban J connectivity index is 2.60. The quantitative estimate of drug-likeness (QED) is 0.801. The van der Waals surface area contributed by atoms with E-state index in [-0.39, 0.29) is 5.76 Å². The van der Waals surface area contributed by atoms with Crippen molar-refractivity contribution in [3.63, 3.8) is 0 Å². The molecule has 20 heavy (non-hydrogen) atoms. The third-order valence-electron chi connectivity index (χ3n) is 3.21. The predicted octanol–water partition coefficient (Wildman–Crippen LogP) is 3.67. The molecule has 106 valence electrons. The second-order valence-corrected chi connectivity index (χ2v) is 4.77. The molecule has 2 rings (SSSR count). The van der Waals surface area contributed by atoms with Crippen LogP contribution in [0.1, 0.15) is 27.2 Å². The number of rotatable bonds is 3. The Kier molecular flexibility index (Phi) is 3.84. The lowest BCUT2D eigenvalue weighted by Gasteiger charge is -2.08. The third-order valence-corrected chi connectivity index (χ3v) is 3.21. The summed E-state index contributed by atoms with van der Waals surface area (Å²) < 4.78 is 15.5. The number of furan rings is 1. The minimum absolute atomic E-state index is 0.0874. The van der Waals surface area contributed by atoms with Crippen LogP contribution in [0.3, 0.4) is 0 Å². The van der Waals surface area contributed by atoms with Gasteiger partial charge in [-0.05, 0) is 31.9 Å². The Morgan fingerprint density at radius 3 is 2.15 bits per heavy atom. The van der Waals surface area contributed by atoms with Crippen molar-refractivity contribution < 1.29 is 18.7 Å². The number of aryl methyl sites for hydroxylation is 3. The number of methoxy groups -OCH3 is 2. The van der Waals surface area contributed by atoms with E-state index in [1.807, 2.05) is 20.8 Å². The molecule has 0 unspecified atom stereocenters. The minimum Gasteiger partial charge on any atom is -0.492 e. The normalized spacial score (nSPS) is 10.4. The van der Waals surface area contributed by atoms with Crippen molar-refractivity contribution in [2.75, 3.05) is 14.2 Å². The molecule has 1 heterocycles. The Labute approximate surface area is 118 Å². The highest BCUT2D eigenvalue weighted by molar-refractivity contribution is 5.90. The number of hydrogen-bond acceptors (Lipinski definition) is 4. The van der Waals surface area contributed by atoms with Gasteiger partial charge in [-0.25, -0.2) is 4.79 Å². The molecule has 2 aromatic rings. The average Bonchev–Trinajstić information content (AvgIpc) is 2.80. The van der Waals surface area contributed by atoms with E-state index in [4.69, 9.17) is 13.9 Å². The minimum atomic E-state index is -0.546. The maximum Gasteiger partial charge on any atom is 0.377 e. The van der Waals surface area contributed by atoms with Crippen LogP contribution in [0.2, 0.25) is 0 Å². The molecule has 4 nitrogen and oxygen atoms in total. The van der Waals surface area contributed by atoms with Gasteiger partial charge in [-0.1, -0.05) is 17.7 Å². The number of benzene rings is 1. The van der Waals surface area contributed by atoms with Crippen molar-refractivity contribution in [1.82, 2.24) is 0 Å². The molecule has 0 aliphatic rings. The van der Waals surface area contributed by atoms with Gasteiger partial charge in [0.25, 0.3) is 5.76 Å². The average molecular weight is 274 g/mol. The van der Waals surface area contributed by atoms with Crippen LogP contribution in [0.25, 0.3) is 11.3 Å². The standard InChI is InChI=1S/C16H18O4/c1-9-6-10(2)14(11(3)7-9)12-8-13(18-4)15(20-12)16(17)19-5/h6-8H,1-5H3. The molecule has 0 fully saturated rings. The van der Waals surface area contributed by atoms with Crippen LogP contribution in [0.4, 0.5) is 0 Å². The molecule has 0 atom stereocenters. The summed E-state index contributed by atoms with van der Waals surface area (Å²) in [6.45, 7) is 6.08. The SMILES string of the molecule is COC(=O)c1oc(-c2c(C)cc(C)cc2C)cc1OC. The summed E-state index contributed by atoms with van der Waals surface area (Å²) in [5, 5.41) is 0. The molecule has 4 heteroatoms. The van der Waals surface area contributed by atoms with Crippen LogP contribution >= 0.6 is 0 Å². The van der Waals surface area contributed by atoms with E-state index in [1.54, 1.807) is 6.07 Å². The fourth-order valence-electron chi connectivity index (χ4n) is 2.45. The van der Waals surface area contributed by atoms with E-state index < -0.39 is 5.97 Å². The summed E-state index contributed by atoms with van der Waals surface area (Å²) in [4.78, 5) is 11.7. The van der Waals surface area contributed by atoms with Gasteiger partial charge in [0.15, 0.2) is 5.75 Å². The van der Waals surface area contributed by atoms with Crippen molar-refractivity contribution in [3.05, 3.63) is 40.6 Å². The smallest absolute Gasteiger partial charge is 0.377 e. The highest BCUT2D eigenvalue weighted by Crippen LogP contribution is 2.35. The molecule has 0 saturated carbocycles. The topological polar surface area (TPSA) is 48.7 Å². The lowest BCUT2D eigenvalue weighted by atomic mass is 9.98. The Hall–Kier alpha value is -2.23. The van der Waals surface area contributed by atoms with Crippen LogP contribution in [0.15, 0.2) is 22.6 Å². The van der Waals surface area contributed by atoms with Crippen molar-refractivity contribution >= 4 is 5.97 Å². The lowest BCUT2D eigenvalue weighted by Crippen LogP contribution is -2.01. The number of ether oxygens (including phenoxy) is 2. The summed E-state index contributed by atoms with van der Waals surface area (Å²) in [6, 6.07) is 5.88. The monoisotopic (exact) mass is 274 g/mol. The second-order valence-electron chi connectivity index (χ2n) is 4.77. The van der Waals surface area contributed by atoms with E-state index in [0.717, 1.165) is 16.7 Å². The van der Waals surface area contributed by atoms with Crippen molar-refractivity contribution in [3.8, 4) is 17.1 Å². The van der Waals surface area contributed by atoms with E-state index >= 15 is 0 Å². The molecule has 0 aliphatic heterocycles. The van der Waals surface area contributed by atoms with Gasteiger partial charge in [-0.15, -0.1) is 0 Å². The molecule has 0 saturated heterocycles. The van der Waals surface area contributed by atoms with Crippen LogP contribution in [0.5, 0.6) is 5.75 Å². The van der Waals surface area contributed by atoms with Gasteiger partial charge >= 0.3 is 5.97 Å².